The molecule has 5 nitrogen and oxygen atoms in total. The number of amides is 1. The van der Waals surface area contributed by atoms with Crippen molar-refractivity contribution in [2.75, 3.05) is 19.0 Å². The highest BCUT2D eigenvalue weighted by molar-refractivity contribution is 7.16. The van der Waals surface area contributed by atoms with Gasteiger partial charge in [0.1, 0.15) is 11.1 Å². The number of carbonyl (C=O) groups excluding carboxylic acids is 1. The lowest BCUT2D eigenvalue weighted by Gasteiger charge is -2.11. The number of ether oxygens (including phenoxy) is 2. The SMILES string of the molecule is CC=Cc1ccc(OCC(=O)Nc2sc3c(c2C#N)CCC3)c(OC)c1. The Kier molecular flexibility index (Phi) is 5.59. The van der Waals surface area contributed by atoms with E-state index in [9.17, 15) is 10.1 Å². The largest absolute Gasteiger partial charge is 0.493 e. The monoisotopic (exact) mass is 368 g/mol. The highest BCUT2D eigenvalue weighted by atomic mass is 32.1. The Labute approximate surface area is 156 Å². The summed E-state index contributed by atoms with van der Waals surface area (Å²) in [6.07, 6.45) is 6.87. The van der Waals surface area contributed by atoms with Gasteiger partial charge >= 0.3 is 0 Å². The summed E-state index contributed by atoms with van der Waals surface area (Å²) in [6, 6.07) is 7.75. The summed E-state index contributed by atoms with van der Waals surface area (Å²) in [6.45, 7) is 1.80. The number of hydrogen-bond donors (Lipinski definition) is 1. The van der Waals surface area contributed by atoms with Crippen LogP contribution < -0.4 is 14.8 Å². The Morgan fingerprint density at radius 3 is 2.96 bits per heavy atom. The quantitative estimate of drug-likeness (QED) is 0.831. The minimum Gasteiger partial charge on any atom is -0.493 e. The summed E-state index contributed by atoms with van der Waals surface area (Å²) in [4.78, 5) is 13.5. The fourth-order valence-corrected chi connectivity index (χ4v) is 4.27. The van der Waals surface area contributed by atoms with Crippen LogP contribution in [0.3, 0.4) is 0 Å². The van der Waals surface area contributed by atoms with Gasteiger partial charge in [0.2, 0.25) is 0 Å². The fourth-order valence-electron chi connectivity index (χ4n) is 3.02. The average molecular weight is 368 g/mol. The molecule has 0 fully saturated rings. The van der Waals surface area contributed by atoms with E-state index in [1.807, 2.05) is 31.2 Å². The molecule has 26 heavy (non-hydrogen) atoms. The molecule has 2 aromatic rings. The number of benzene rings is 1. The lowest BCUT2D eigenvalue weighted by atomic mass is 10.1. The van der Waals surface area contributed by atoms with E-state index < -0.39 is 0 Å². The number of anilines is 1. The Balaban J connectivity index is 1.66. The Morgan fingerprint density at radius 2 is 2.23 bits per heavy atom. The summed E-state index contributed by atoms with van der Waals surface area (Å²) >= 11 is 1.50. The molecule has 6 heteroatoms. The normalized spacial score (nSPS) is 12.7. The van der Waals surface area contributed by atoms with Crippen molar-refractivity contribution in [3.05, 3.63) is 45.8 Å². The number of hydrogen-bond acceptors (Lipinski definition) is 5. The van der Waals surface area contributed by atoms with Gasteiger partial charge in [-0.05, 0) is 49.4 Å². The maximum atomic E-state index is 12.3. The van der Waals surface area contributed by atoms with E-state index in [-0.39, 0.29) is 12.5 Å². The van der Waals surface area contributed by atoms with Crippen LogP contribution in [0.4, 0.5) is 5.00 Å². The van der Waals surface area contributed by atoms with E-state index in [0.29, 0.717) is 22.1 Å². The summed E-state index contributed by atoms with van der Waals surface area (Å²) in [7, 11) is 1.56. The molecule has 0 bridgehead atoms. The molecular weight excluding hydrogens is 348 g/mol. The van der Waals surface area contributed by atoms with Gasteiger partial charge in [0, 0.05) is 4.88 Å². The molecule has 0 atom stereocenters. The molecular formula is C20H20N2O3S. The van der Waals surface area contributed by atoms with E-state index in [1.54, 1.807) is 13.2 Å². The number of nitrogens with one attached hydrogen (secondary N) is 1. The van der Waals surface area contributed by atoms with Gasteiger partial charge in [0.15, 0.2) is 18.1 Å². The van der Waals surface area contributed by atoms with Gasteiger partial charge in [-0.15, -0.1) is 11.3 Å². The highest BCUT2D eigenvalue weighted by Gasteiger charge is 2.23. The Morgan fingerprint density at radius 1 is 1.38 bits per heavy atom. The maximum Gasteiger partial charge on any atom is 0.262 e. The smallest absolute Gasteiger partial charge is 0.262 e. The number of methoxy groups -OCH3 is 1. The number of nitriles is 1. The van der Waals surface area contributed by atoms with Crippen LogP contribution in [-0.4, -0.2) is 19.6 Å². The van der Waals surface area contributed by atoms with E-state index in [0.717, 1.165) is 30.4 Å². The van der Waals surface area contributed by atoms with E-state index in [4.69, 9.17) is 9.47 Å². The first-order valence-corrected chi connectivity index (χ1v) is 9.26. The topological polar surface area (TPSA) is 71.3 Å². The number of aryl methyl sites for hydroxylation is 1. The Bertz CT molecular complexity index is 893. The molecule has 0 saturated carbocycles. The lowest BCUT2D eigenvalue weighted by Crippen LogP contribution is -2.20. The third kappa shape index (κ3) is 3.73. The van der Waals surface area contributed by atoms with E-state index in [1.165, 1.54) is 16.2 Å². The zero-order chi connectivity index (χ0) is 18.5. The number of carbonyl (C=O) groups is 1. The molecule has 0 aliphatic heterocycles. The second-order valence-electron chi connectivity index (χ2n) is 5.92. The number of thiophene rings is 1. The Hall–Kier alpha value is -2.78. The number of rotatable bonds is 6. The first kappa shape index (κ1) is 18.0. The van der Waals surface area contributed by atoms with Gasteiger partial charge in [0.05, 0.1) is 12.7 Å². The van der Waals surface area contributed by atoms with Crippen LogP contribution >= 0.6 is 11.3 Å². The van der Waals surface area contributed by atoms with Crippen LogP contribution in [0.15, 0.2) is 24.3 Å². The number of nitrogens with zero attached hydrogens (tertiary/aromatic N) is 1. The molecule has 1 aromatic carbocycles. The minimum absolute atomic E-state index is 0.146. The molecule has 1 aromatic heterocycles. The third-order valence-corrected chi connectivity index (χ3v) is 5.40. The van der Waals surface area contributed by atoms with Gasteiger partial charge in [-0.2, -0.15) is 5.26 Å². The molecule has 1 aliphatic carbocycles. The van der Waals surface area contributed by atoms with Crippen LogP contribution in [-0.2, 0) is 17.6 Å². The third-order valence-electron chi connectivity index (χ3n) is 4.19. The second-order valence-corrected chi connectivity index (χ2v) is 7.03. The minimum atomic E-state index is -0.291. The van der Waals surface area contributed by atoms with Crippen molar-refractivity contribution in [2.45, 2.75) is 26.2 Å². The van der Waals surface area contributed by atoms with Crippen molar-refractivity contribution in [3.63, 3.8) is 0 Å². The van der Waals surface area contributed by atoms with Gasteiger partial charge in [-0.1, -0.05) is 18.2 Å². The van der Waals surface area contributed by atoms with Crippen molar-refractivity contribution < 1.29 is 14.3 Å². The summed E-state index contributed by atoms with van der Waals surface area (Å²) in [5, 5.41) is 12.8. The van der Waals surface area contributed by atoms with Crippen molar-refractivity contribution in [3.8, 4) is 17.6 Å². The van der Waals surface area contributed by atoms with Crippen LogP contribution in [0.25, 0.3) is 6.08 Å². The first-order valence-electron chi connectivity index (χ1n) is 8.44. The van der Waals surface area contributed by atoms with Crippen LogP contribution in [0, 0.1) is 11.3 Å². The van der Waals surface area contributed by atoms with Crippen molar-refractivity contribution in [1.29, 1.82) is 5.26 Å². The summed E-state index contributed by atoms with van der Waals surface area (Å²) in [5.74, 6) is 0.785. The molecule has 0 unspecified atom stereocenters. The summed E-state index contributed by atoms with van der Waals surface area (Å²) in [5.41, 5.74) is 2.69. The standard InChI is InChI=1S/C20H20N2O3S/c1-3-5-13-8-9-16(17(10-13)24-2)25-12-19(23)22-20-15(11-21)14-6-4-7-18(14)26-20/h3,5,8-10H,4,6-7,12H2,1-2H3,(H,22,23). The maximum absolute atomic E-state index is 12.3. The fraction of sp³-hybridized carbons (Fsp3) is 0.300. The zero-order valence-corrected chi connectivity index (χ0v) is 15.6. The van der Waals surface area contributed by atoms with E-state index >= 15 is 0 Å². The lowest BCUT2D eigenvalue weighted by molar-refractivity contribution is -0.118. The van der Waals surface area contributed by atoms with Crippen molar-refractivity contribution in [1.82, 2.24) is 0 Å². The van der Waals surface area contributed by atoms with Gasteiger partial charge in [-0.3, -0.25) is 4.79 Å². The molecule has 1 heterocycles. The summed E-state index contributed by atoms with van der Waals surface area (Å²) < 4.78 is 10.9. The first-order chi connectivity index (χ1) is 12.7. The van der Waals surface area contributed by atoms with Gasteiger partial charge < -0.3 is 14.8 Å². The van der Waals surface area contributed by atoms with E-state index in [2.05, 4.69) is 11.4 Å². The number of fused-ring (bicyclic) bond motifs is 1. The molecule has 0 radical (unpaired) electrons. The predicted molar refractivity (Wildman–Crippen MR) is 103 cm³/mol. The molecule has 0 saturated heterocycles. The zero-order valence-electron chi connectivity index (χ0n) is 14.8. The molecule has 3 rings (SSSR count). The molecule has 1 amide bonds. The van der Waals surface area contributed by atoms with Crippen LogP contribution in [0.5, 0.6) is 11.5 Å². The van der Waals surface area contributed by atoms with Crippen LogP contribution in [0.1, 0.15) is 34.9 Å². The van der Waals surface area contributed by atoms with Crippen molar-refractivity contribution in [2.24, 2.45) is 0 Å². The molecule has 1 N–H and O–H groups in total. The van der Waals surface area contributed by atoms with Crippen molar-refractivity contribution >= 4 is 28.3 Å². The van der Waals surface area contributed by atoms with Gasteiger partial charge in [-0.25, -0.2) is 0 Å². The number of allylic oxidation sites excluding steroid dienone is 1. The molecule has 1 aliphatic rings. The second kappa shape index (κ2) is 8.07. The molecule has 134 valence electrons. The predicted octanol–water partition coefficient (Wildman–Crippen LogP) is 4.17. The molecule has 0 spiro atoms. The highest BCUT2D eigenvalue weighted by Crippen LogP contribution is 2.38. The average Bonchev–Trinajstić information content (AvgIpc) is 3.21. The van der Waals surface area contributed by atoms with Crippen LogP contribution in [0.2, 0.25) is 0 Å². The van der Waals surface area contributed by atoms with Gasteiger partial charge in [0.25, 0.3) is 5.91 Å².